The van der Waals surface area contributed by atoms with Crippen molar-refractivity contribution >= 4 is 11.8 Å². The van der Waals surface area contributed by atoms with E-state index < -0.39 is 22.6 Å². The Labute approximate surface area is 118 Å². The molecule has 0 aromatic heterocycles. The summed E-state index contributed by atoms with van der Waals surface area (Å²) in [6, 6.07) is 6.15. The van der Waals surface area contributed by atoms with E-state index in [0.29, 0.717) is 5.56 Å². The highest BCUT2D eigenvalue weighted by molar-refractivity contribution is 5.88. The molecule has 0 radical (unpaired) electrons. The van der Waals surface area contributed by atoms with Crippen LogP contribution in [-0.2, 0) is 15.0 Å². The first-order valence-electron chi connectivity index (χ1n) is 6.42. The Morgan fingerprint density at radius 3 is 2.25 bits per heavy atom. The van der Waals surface area contributed by atoms with Crippen LogP contribution < -0.4 is 11.1 Å². The van der Waals surface area contributed by atoms with E-state index >= 15 is 0 Å². The van der Waals surface area contributed by atoms with E-state index in [1.807, 2.05) is 0 Å². The molecule has 1 rings (SSSR count). The summed E-state index contributed by atoms with van der Waals surface area (Å²) in [5, 5.41) is 2.66. The highest BCUT2D eigenvalue weighted by Crippen LogP contribution is 2.26. The van der Waals surface area contributed by atoms with Crippen molar-refractivity contribution in [1.29, 1.82) is 0 Å². The first-order valence-corrected chi connectivity index (χ1v) is 6.42. The molecule has 0 saturated carbocycles. The summed E-state index contributed by atoms with van der Waals surface area (Å²) in [7, 11) is 0. The molecule has 3 N–H and O–H groups in total. The average molecular weight is 280 g/mol. The number of halogens is 1. The largest absolute Gasteiger partial charge is 0.369 e. The van der Waals surface area contributed by atoms with Gasteiger partial charge in [-0.3, -0.25) is 9.59 Å². The number of nitrogens with two attached hydrogens (primary N) is 1. The van der Waals surface area contributed by atoms with Crippen molar-refractivity contribution in [2.45, 2.75) is 33.1 Å². The van der Waals surface area contributed by atoms with E-state index in [0.717, 1.165) is 0 Å². The number of hydrogen-bond acceptors (Lipinski definition) is 2. The van der Waals surface area contributed by atoms with Crippen LogP contribution in [0.5, 0.6) is 0 Å². The molecule has 110 valence electrons. The van der Waals surface area contributed by atoms with Gasteiger partial charge in [-0.25, -0.2) is 4.39 Å². The molecule has 0 spiro atoms. The normalized spacial score (nSPS) is 12.1. The second-order valence-corrected chi connectivity index (χ2v) is 6.04. The van der Waals surface area contributed by atoms with E-state index in [4.69, 9.17) is 5.73 Å². The number of hydrogen-bond donors (Lipinski definition) is 2. The monoisotopic (exact) mass is 280 g/mol. The maximum absolute atomic E-state index is 13.8. The molecule has 0 atom stereocenters. The summed E-state index contributed by atoms with van der Waals surface area (Å²) in [6.45, 7) is 6.67. The third-order valence-electron chi connectivity index (χ3n) is 3.47. The zero-order valence-corrected chi connectivity index (χ0v) is 12.3. The highest BCUT2D eigenvalue weighted by atomic mass is 19.1. The van der Waals surface area contributed by atoms with Crippen LogP contribution in [0, 0.1) is 11.2 Å². The predicted octanol–water partition coefficient (Wildman–Crippen LogP) is 1.73. The van der Waals surface area contributed by atoms with Gasteiger partial charge in [0.15, 0.2) is 0 Å². The van der Waals surface area contributed by atoms with Gasteiger partial charge in [-0.2, -0.15) is 0 Å². The highest BCUT2D eigenvalue weighted by Gasteiger charge is 2.34. The van der Waals surface area contributed by atoms with Gasteiger partial charge in [0.25, 0.3) is 0 Å². The molecule has 2 amide bonds. The lowest BCUT2D eigenvalue weighted by molar-refractivity contribution is -0.128. The van der Waals surface area contributed by atoms with Crippen molar-refractivity contribution < 1.29 is 14.0 Å². The Kier molecular flexibility index (Phi) is 4.53. The van der Waals surface area contributed by atoms with Crippen LogP contribution in [0.15, 0.2) is 24.3 Å². The summed E-state index contributed by atoms with van der Waals surface area (Å²) >= 11 is 0. The molecule has 4 nitrogen and oxygen atoms in total. The number of nitrogens with one attached hydrogen (secondary N) is 1. The van der Waals surface area contributed by atoms with Gasteiger partial charge in [0.2, 0.25) is 11.8 Å². The molecule has 0 bridgehead atoms. The number of benzene rings is 1. The summed E-state index contributed by atoms with van der Waals surface area (Å²) in [5.41, 5.74) is 3.69. The van der Waals surface area contributed by atoms with Crippen LogP contribution in [0.2, 0.25) is 0 Å². The summed E-state index contributed by atoms with van der Waals surface area (Å²) in [6.07, 6.45) is 0. The van der Waals surface area contributed by atoms with Crippen molar-refractivity contribution in [3.05, 3.63) is 35.6 Å². The van der Waals surface area contributed by atoms with Gasteiger partial charge in [-0.15, -0.1) is 0 Å². The van der Waals surface area contributed by atoms with Gasteiger partial charge >= 0.3 is 0 Å². The summed E-state index contributed by atoms with van der Waals surface area (Å²) < 4.78 is 13.8. The zero-order chi connectivity index (χ0) is 15.6. The topological polar surface area (TPSA) is 72.2 Å². The molecule has 5 heteroatoms. The smallest absolute Gasteiger partial charge is 0.230 e. The molecule has 0 aliphatic rings. The number of rotatable bonds is 5. The molecular formula is C15H21FN2O2. The fraction of sp³-hybridized carbons (Fsp3) is 0.467. The molecule has 0 aliphatic heterocycles. The minimum absolute atomic E-state index is 0.110. The van der Waals surface area contributed by atoms with Gasteiger partial charge in [0, 0.05) is 12.1 Å². The average Bonchev–Trinajstić information content (AvgIpc) is 2.36. The van der Waals surface area contributed by atoms with Gasteiger partial charge in [0.05, 0.1) is 10.8 Å². The summed E-state index contributed by atoms with van der Waals surface area (Å²) in [5.74, 6) is -1.28. The predicted molar refractivity (Wildman–Crippen MR) is 75.4 cm³/mol. The fourth-order valence-corrected chi connectivity index (χ4v) is 1.70. The number of primary amides is 1. The molecule has 0 saturated heterocycles. The quantitative estimate of drug-likeness (QED) is 0.862. The first kappa shape index (κ1) is 16.1. The maximum Gasteiger partial charge on any atom is 0.230 e. The van der Waals surface area contributed by atoms with Crippen LogP contribution in [0.4, 0.5) is 4.39 Å². The number of amides is 2. The summed E-state index contributed by atoms with van der Waals surface area (Å²) in [4.78, 5) is 23.5. The molecule has 0 aliphatic carbocycles. The lowest BCUT2D eigenvalue weighted by Crippen LogP contribution is -2.47. The van der Waals surface area contributed by atoms with Gasteiger partial charge in [-0.05, 0) is 33.8 Å². The maximum atomic E-state index is 13.8. The standard InChI is InChI=1S/C15H21FN2O2/c1-14(2,12(17)19)9-18-13(20)15(3,4)10-7-5-6-8-11(10)16/h5-8H,9H2,1-4H3,(H2,17,19)(H,18,20). The lowest BCUT2D eigenvalue weighted by Gasteiger charge is -2.27. The Morgan fingerprint density at radius 1 is 1.20 bits per heavy atom. The van der Waals surface area contributed by atoms with Gasteiger partial charge in [-0.1, -0.05) is 18.2 Å². The molecule has 20 heavy (non-hydrogen) atoms. The third kappa shape index (κ3) is 3.35. The van der Waals surface area contributed by atoms with Crippen LogP contribution in [0.25, 0.3) is 0 Å². The fourth-order valence-electron chi connectivity index (χ4n) is 1.70. The second kappa shape index (κ2) is 5.61. The van der Waals surface area contributed by atoms with Crippen molar-refractivity contribution in [3.8, 4) is 0 Å². The first-order chi connectivity index (χ1) is 9.09. The molecular weight excluding hydrogens is 259 g/mol. The van der Waals surface area contributed by atoms with Crippen molar-refractivity contribution in [2.75, 3.05) is 6.54 Å². The Morgan fingerprint density at radius 2 is 1.75 bits per heavy atom. The minimum Gasteiger partial charge on any atom is -0.369 e. The molecule has 0 unspecified atom stereocenters. The minimum atomic E-state index is -1.03. The van der Waals surface area contributed by atoms with E-state index in [1.165, 1.54) is 6.07 Å². The van der Waals surface area contributed by atoms with E-state index in [2.05, 4.69) is 5.32 Å². The van der Waals surface area contributed by atoms with E-state index in [1.54, 1.807) is 45.9 Å². The lowest BCUT2D eigenvalue weighted by atomic mass is 9.82. The van der Waals surface area contributed by atoms with Crippen molar-refractivity contribution in [3.63, 3.8) is 0 Å². The van der Waals surface area contributed by atoms with Gasteiger partial charge in [0.1, 0.15) is 5.82 Å². The van der Waals surface area contributed by atoms with E-state index in [-0.39, 0.29) is 12.5 Å². The molecule has 1 aromatic rings. The van der Waals surface area contributed by atoms with Gasteiger partial charge < -0.3 is 11.1 Å². The van der Waals surface area contributed by atoms with Crippen molar-refractivity contribution in [2.24, 2.45) is 11.1 Å². The third-order valence-corrected chi connectivity index (χ3v) is 3.47. The second-order valence-electron chi connectivity index (χ2n) is 6.04. The van der Waals surface area contributed by atoms with Crippen molar-refractivity contribution in [1.82, 2.24) is 5.32 Å². The van der Waals surface area contributed by atoms with Crippen LogP contribution in [0.1, 0.15) is 33.3 Å². The van der Waals surface area contributed by atoms with Crippen LogP contribution in [0.3, 0.4) is 0 Å². The van der Waals surface area contributed by atoms with Crippen LogP contribution >= 0.6 is 0 Å². The SMILES string of the molecule is CC(C)(CNC(=O)C(C)(C)c1ccccc1F)C(N)=O. The molecule has 1 aromatic carbocycles. The Balaban J connectivity index is 2.87. The van der Waals surface area contributed by atoms with E-state index in [9.17, 15) is 14.0 Å². The molecule has 0 fully saturated rings. The zero-order valence-electron chi connectivity index (χ0n) is 12.3. The number of carbonyl (C=O) groups is 2. The van der Waals surface area contributed by atoms with Crippen LogP contribution in [-0.4, -0.2) is 18.4 Å². The Bertz CT molecular complexity index is 524. The molecule has 0 heterocycles. The Hall–Kier alpha value is -1.91. The number of carbonyl (C=O) groups excluding carboxylic acids is 2.